The van der Waals surface area contributed by atoms with Gasteiger partial charge in [0.1, 0.15) is 0 Å². The van der Waals surface area contributed by atoms with E-state index in [-0.39, 0.29) is 5.91 Å². The van der Waals surface area contributed by atoms with Gasteiger partial charge in [0, 0.05) is 44.0 Å². The Morgan fingerprint density at radius 3 is 2.96 bits per heavy atom. The van der Waals surface area contributed by atoms with Crippen LogP contribution < -0.4 is 5.32 Å². The topological polar surface area (TPSA) is 45.2 Å². The van der Waals surface area contributed by atoms with Gasteiger partial charge in [0.2, 0.25) is 0 Å². The SMILES string of the molecule is CN(CCc1ccccn1)C(=O)c1cccc([C@@H]2CCCNC2)c1. The van der Waals surface area contributed by atoms with Gasteiger partial charge >= 0.3 is 0 Å². The number of likely N-dealkylation sites (N-methyl/N-ethyl adjacent to an activating group) is 1. The normalized spacial score (nSPS) is 17.5. The number of amides is 1. The number of aromatic nitrogens is 1. The van der Waals surface area contributed by atoms with E-state index in [0.29, 0.717) is 12.5 Å². The zero-order chi connectivity index (χ0) is 16.8. The minimum atomic E-state index is 0.0801. The molecule has 0 bridgehead atoms. The summed E-state index contributed by atoms with van der Waals surface area (Å²) < 4.78 is 0. The number of pyridine rings is 1. The van der Waals surface area contributed by atoms with Gasteiger partial charge in [-0.05, 0) is 55.1 Å². The summed E-state index contributed by atoms with van der Waals surface area (Å²) in [7, 11) is 1.86. The molecule has 1 aromatic carbocycles. The molecule has 0 unspecified atom stereocenters. The number of benzene rings is 1. The maximum atomic E-state index is 12.7. The first-order chi connectivity index (χ1) is 11.7. The molecule has 1 atom stereocenters. The van der Waals surface area contributed by atoms with Gasteiger partial charge in [0.25, 0.3) is 5.91 Å². The van der Waals surface area contributed by atoms with E-state index in [0.717, 1.165) is 30.8 Å². The van der Waals surface area contributed by atoms with Crippen molar-refractivity contribution < 1.29 is 4.79 Å². The van der Waals surface area contributed by atoms with Crippen LogP contribution in [0.2, 0.25) is 0 Å². The summed E-state index contributed by atoms with van der Waals surface area (Å²) in [6.45, 7) is 2.78. The maximum Gasteiger partial charge on any atom is 0.253 e. The lowest BCUT2D eigenvalue weighted by molar-refractivity contribution is 0.0796. The predicted molar refractivity (Wildman–Crippen MR) is 96.2 cm³/mol. The highest BCUT2D eigenvalue weighted by atomic mass is 16.2. The van der Waals surface area contributed by atoms with Crippen LogP contribution in [0.4, 0.5) is 0 Å². The Morgan fingerprint density at radius 2 is 2.21 bits per heavy atom. The fraction of sp³-hybridized carbons (Fsp3) is 0.400. The number of rotatable bonds is 5. The quantitative estimate of drug-likeness (QED) is 0.920. The van der Waals surface area contributed by atoms with E-state index >= 15 is 0 Å². The van der Waals surface area contributed by atoms with Gasteiger partial charge in [0.15, 0.2) is 0 Å². The van der Waals surface area contributed by atoms with Crippen LogP contribution in [0.5, 0.6) is 0 Å². The molecular formula is C20H25N3O. The van der Waals surface area contributed by atoms with Crippen molar-refractivity contribution in [1.82, 2.24) is 15.2 Å². The van der Waals surface area contributed by atoms with Gasteiger partial charge in [-0.1, -0.05) is 18.2 Å². The molecule has 1 saturated heterocycles. The van der Waals surface area contributed by atoms with Gasteiger partial charge in [-0.3, -0.25) is 9.78 Å². The number of nitrogens with one attached hydrogen (secondary N) is 1. The molecule has 0 aliphatic carbocycles. The second-order valence-electron chi connectivity index (χ2n) is 6.47. The molecule has 1 aliphatic rings. The minimum Gasteiger partial charge on any atom is -0.341 e. The van der Waals surface area contributed by atoms with Gasteiger partial charge in [-0.25, -0.2) is 0 Å². The Hall–Kier alpha value is -2.20. The Labute approximate surface area is 143 Å². The van der Waals surface area contributed by atoms with Crippen LogP contribution in [0, 0.1) is 0 Å². The van der Waals surface area contributed by atoms with Crippen molar-refractivity contribution in [3.8, 4) is 0 Å². The third-order valence-electron chi connectivity index (χ3n) is 4.68. The molecule has 4 nitrogen and oxygen atoms in total. The van der Waals surface area contributed by atoms with Crippen LogP contribution in [-0.2, 0) is 6.42 Å². The molecule has 1 N–H and O–H groups in total. The van der Waals surface area contributed by atoms with E-state index in [4.69, 9.17) is 0 Å². The van der Waals surface area contributed by atoms with Crippen LogP contribution in [0.1, 0.15) is 40.4 Å². The van der Waals surface area contributed by atoms with E-state index in [1.165, 1.54) is 18.4 Å². The van der Waals surface area contributed by atoms with Crippen LogP contribution in [0.15, 0.2) is 48.7 Å². The van der Waals surface area contributed by atoms with Crippen molar-refractivity contribution in [2.75, 3.05) is 26.7 Å². The van der Waals surface area contributed by atoms with Gasteiger partial charge in [-0.2, -0.15) is 0 Å². The number of hydrogen-bond acceptors (Lipinski definition) is 3. The predicted octanol–water partition coefficient (Wildman–Crippen LogP) is 2.86. The molecule has 0 spiro atoms. The maximum absolute atomic E-state index is 12.7. The van der Waals surface area contributed by atoms with Gasteiger partial charge < -0.3 is 10.2 Å². The highest BCUT2D eigenvalue weighted by Gasteiger charge is 2.18. The fourth-order valence-electron chi connectivity index (χ4n) is 3.21. The van der Waals surface area contributed by atoms with Crippen LogP contribution >= 0.6 is 0 Å². The molecule has 2 heterocycles. The van der Waals surface area contributed by atoms with E-state index < -0.39 is 0 Å². The average Bonchev–Trinajstić information content (AvgIpc) is 2.67. The lowest BCUT2D eigenvalue weighted by Crippen LogP contribution is -2.30. The molecular weight excluding hydrogens is 298 g/mol. The van der Waals surface area contributed by atoms with E-state index in [2.05, 4.69) is 22.4 Å². The van der Waals surface area contributed by atoms with Crippen LogP contribution in [0.3, 0.4) is 0 Å². The van der Waals surface area contributed by atoms with E-state index in [1.807, 2.05) is 37.4 Å². The molecule has 1 aliphatic heterocycles. The number of hydrogen-bond donors (Lipinski definition) is 1. The van der Waals surface area contributed by atoms with Crippen LogP contribution in [0.25, 0.3) is 0 Å². The summed E-state index contributed by atoms with van der Waals surface area (Å²) in [5, 5.41) is 3.44. The monoisotopic (exact) mass is 323 g/mol. The Balaban J connectivity index is 1.63. The molecule has 1 aromatic heterocycles. The smallest absolute Gasteiger partial charge is 0.253 e. The second-order valence-corrected chi connectivity index (χ2v) is 6.47. The minimum absolute atomic E-state index is 0.0801. The first kappa shape index (κ1) is 16.7. The van der Waals surface area contributed by atoms with Crippen molar-refractivity contribution in [1.29, 1.82) is 0 Å². The molecule has 0 radical (unpaired) electrons. The molecule has 4 heteroatoms. The van der Waals surface area contributed by atoms with Crippen molar-refractivity contribution in [2.45, 2.75) is 25.2 Å². The molecule has 24 heavy (non-hydrogen) atoms. The largest absolute Gasteiger partial charge is 0.341 e. The Kier molecular flexibility index (Phi) is 5.59. The van der Waals surface area contributed by atoms with Gasteiger partial charge in [0.05, 0.1) is 0 Å². The lowest BCUT2D eigenvalue weighted by Gasteiger charge is -2.24. The zero-order valence-corrected chi connectivity index (χ0v) is 14.2. The van der Waals surface area contributed by atoms with Gasteiger partial charge in [-0.15, -0.1) is 0 Å². The lowest BCUT2D eigenvalue weighted by atomic mass is 9.90. The summed E-state index contributed by atoms with van der Waals surface area (Å²) in [4.78, 5) is 18.8. The van der Waals surface area contributed by atoms with Crippen molar-refractivity contribution >= 4 is 5.91 Å². The van der Waals surface area contributed by atoms with E-state index in [1.54, 1.807) is 11.1 Å². The van der Waals surface area contributed by atoms with Crippen LogP contribution in [-0.4, -0.2) is 42.5 Å². The summed E-state index contributed by atoms with van der Waals surface area (Å²) >= 11 is 0. The first-order valence-corrected chi connectivity index (χ1v) is 8.70. The summed E-state index contributed by atoms with van der Waals surface area (Å²) in [6, 6.07) is 14.0. The molecule has 1 fully saturated rings. The summed E-state index contributed by atoms with van der Waals surface area (Å²) in [5.74, 6) is 0.599. The summed E-state index contributed by atoms with van der Waals surface area (Å²) in [6.07, 6.45) is 4.96. The zero-order valence-electron chi connectivity index (χ0n) is 14.2. The van der Waals surface area contributed by atoms with Crippen molar-refractivity contribution in [2.24, 2.45) is 0 Å². The number of nitrogens with zero attached hydrogens (tertiary/aromatic N) is 2. The van der Waals surface area contributed by atoms with Crippen molar-refractivity contribution in [3.63, 3.8) is 0 Å². The third kappa shape index (κ3) is 4.20. The molecule has 126 valence electrons. The summed E-state index contributed by atoms with van der Waals surface area (Å²) in [5.41, 5.74) is 3.06. The third-order valence-corrected chi connectivity index (χ3v) is 4.68. The molecule has 3 rings (SSSR count). The standard InChI is InChI=1S/C20H25N3O/c1-23(13-10-19-9-2-3-12-22-19)20(24)17-7-4-6-16(14-17)18-8-5-11-21-15-18/h2-4,6-7,9,12,14,18,21H,5,8,10-11,13,15H2,1H3/t18-/m1/s1. The Bertz CT molecular complexity index is 666. The molecule has 1 amide bonds. The number of carbonyl (C=O) groups excluding carboxylic acids is 1. The highest BCUT2D eigenvalue weighted by Crippen LogP contribution is 2.24. The number of carbonyl (C=O) groups is 1. The average molecular weight is 323 g/mol. The molecule has 2 aromatic rings. The second kappa shape index (κ2) is 8.06. The Morgan fingerprint density at radius 1 is 1.29 bits per heavy atom. The molecule has 0 saturated carbocycles. The fourth-order valence-corrected chi connectivity index (χ4v) is 3.21. The number of piperidine rings is 1. The van der Waals surface area contributed by atoms with Crippen molar-refractivity contribution in [3.05, 3.63) is 65.5 Å². The highest BCUT2D eigenvalue weighted by molar-refractivity contribution is 5.94. The van der Waals surface area contributed by atoms with E-state index in [9.17, 15) is 4.79 Å². The first-order valence-electron chi connectivity index (χ1n) is 8.70.